The SMILES string of the molecule is Nc1nn(CC2CC2)c2ccn(CC(F)(F)F)c(=O)c12. The molecule has 108 valence electrons. The Hall–Kier alpha value is -1.99. The number of nitrogens with two attached hydrogens (primary N) is 1. The molecular formula is C12H13F3N4O. The van der Waals surface area contributed by atoms with E-state index in [0.717, 1.165) is 19.0 Å². The number of hydrogen-bond acceptors (Lipinski definition) is 3. The average Bonchev–Trinajstić information content (AvgIpc) is 3.07. The Labute approximate surface area is 111 Å². The number of fused-ring (bicyclic) bond motifs is 1. The first-order valence-electron chi connectivity index (χ1n) is 6.27. The molecule has 1 fully saturated rings. The monoisotopic (exact) mass is 286 g/mol. The molecule has 0 unspecified atom stereocenters. The van der Waals surface area contributed by atoms with Gasteiger partial charge in [0.1, 0.15) is 11.9 Å². The van der Waals surface area contributed by atoms with Gasteiger partial charge in [0, 0.05) is 12.7 Å². The molecular weight excluding hydrogens is 273 g/mol. The van der Waals surface area contributed by atoms with Crippen LogP contribution in [0.4, 0.5) is 19.0 Å². The molecule has 0 aliphatic heterocycles. The molecule has 8 heteroatoms. The van der Waals surface area contributed by atoms with E-state index in [4.69, 9.17) is 5.73 Å². The maximum absolute atomic E-state index is 12.4. The fourth-order valence-electron chi connectivity index (χ4n) is 2.26. The summed E-state index contributed by atoms with van der Waals surface area (Å²) in [5.74, 6) is 0.511. The lowest BCUT2D eigenvalue weighted by molar-refractivity contribution is -0.141. The van der Waals surface area contributed by atoms with E-state index in [0.29, 0.717) is 22.5 Å². The summed E-state index contributed by atoms with van der Waals surface area (Å²) in [6.45, 7) is -0.675. The van der Waals surface area contributed by atoms with Crippen LogP contribution in [0, 0.1) is 5.92 Å². The van der Waals surface area contributed by atoms with Crippen molar-refractivity contribution < 1.29 is 13.2 Å². The lowest BCUT2D eigenvalue weighted by Gasteiger charge is -2.09. The maximum Gasteiger partial charge on any atom is 0.406 e. The van der Waals surface area contributed by atoms with E-state index >= 15 is 0 Å². The summed E-state index contributed by atoms with van der Waals surface area (Å²) in [6, 6.07) is 1.47. The average molecular weight is 286 g/mol. The van der Waals surface area contributed by atoms with Gasteiger partial charge in [-0.15, -0.1) is 0 Å². The van der Waals surface area contributed by atoms with Gasteiger partial charge in [-0.1, -0.05) is 0 Å². The van der Waals surface area contributed by atoms with Gasteiger partial charge >= 0.3 is 6.18 Å². The second kappa shape index (κ2) is 4.26. The lowest BCUT2D eigenvalue weighted by Crippen LogP contribution is -2.27. The molecule has 5 nitrogen and oxygen atoms in total. The summed E-state index contributed by atoms with van der Waals surface area (Å²) >= 11 is 0. The second-order valence-corrected chi connectivity index (χ2v) is 5.13. The molecule has 0 atom stereocenters. The number of nitrogens with zero attached hydrogens (tertiary/aromatic N) is 3. The summed E-state index contributed by atoms with van der Waals surface area (Å²) in [7, 11) is 0. The zero-order valence-electron chi connectivity index (χ0n) is 10.5. The smallest absolute Gasteiger partial charge is 0.382 e. The molecule has 1 aliphatic rings. The van der Waals surface area contributed by atoms with Gasteiger partial charge in [-0.25, -0.2) is 0 Å². The van der Waals surface area contributed by atoms with Crippen LogP contribution in [0.3, 0.4) is 0 Å². The van der Waals surface area contributed by atoms with Crippen LogP contribution in [0.5, 0.6) is 0 Å². The van der Waals surface area contributed by atoms with Gasteiger partial charge in [0.15, 0.2) is 5.82 Å². The minimum absolute atomic E-state index is 0.0119. The summed E-state index contributed by atoms with van der Waals surface area (Å²) in [4.78, 5) is 12.1. The molecule has 0 aromatic carbocycles. The van der Waals surface area contributed by atoms with Crippen LogP contribution in [0.2, 0.25) is 0 Å². The highest BCUT2D eigenvalue weighted by molar-refractivity contribution is 5.88. The number of rotatable bonds is 3. The topological polar surface area (TPSA) is 65.8 Å². The van der Waals surface area contributed by atoms with Gasteiger partial charge in [0.2, 0.25) is 0 Å². The zero-order chi connectivity index (χ0) is 14.5. The molecule has 0 bridgehead atoms. The minimum atomic E-state index is -4.45. The largest absolute Gasteiger partial charge is 0.406 e. The van der Waals surface area contributed by atoms with Gasteiger partial charge in [0.05, 0.1) is 5.52 Å². The predicted octanol–water partition coefficient (Wildman–Crippen LogP) is 1.75. The molecule has 2 aromatic rings. The Bertz CT molecular complexity index is 712. The van der Waals surface area contributed by atoms with Gasteiger partial charge in [-0.2, -0.15) is 18.3 Å². The summed E-state index contributed by atoms with van der Waals surface area (Å²) in [6.07, 6.45) is -1.10. The van der Waals surface area contributed by atoms with Gasteiger partial charge in [-0.3, -0.25) is 9.48 Å². The molecule has 0 saturated heterocycles. The number of anilines is 1. The first kappa shape index (κ1) is 13.0. The van der Waals surface area contributed by atoms with Crippen molar-refractivity contribution in [1.29, 1.82) is 0 Å². The van der Waals surface area contributed by atoms with Crippen molar-refractivity contribution in [3.63, 3.8) is 0 Å². The lowest BCUT2D eigenvalue weighted by atomic mass is 10.3. The van der Waals surface area contributed by atoms with E-state index in [2.05, 4.69) is 5.10 Å². The van der Waals surface area contributed by atoms with Crippen LogP contribution in [-0.4, -0.2) is 20.5 Å². The minimum Gasteiger partial charge on any atom is -0.382 e. The van der Waals surface area contributed by atoms with Gasteiger partial charge in [-0.05, 0) is 24.8 Å². The standard InChI is InChI=1S/C12H13F3N4O/c13-12(14,15)6-18-4-3-8-9(11(18)20)10(16)17-19(8)5-7-1-2-7/h3-4,7H,1-2,5-6H2,(H2,16,17). The van der Waals surface area contributed by atoms with Crippen molar-refractivity contribution in [2.45, 2.75) is 32.1 Å². The van der Waals surface area contributed by atoms with E-state index in [-0.39, 0.29) is 11.2 Å². The molecule has 0 radical (unpaired) electrons. The molecule has 2 aromatic heterocycles. The van der Waals surface area contributed by atoms with E-state index in [1.165, 1.54) is 6.07 Å². The Balaban J connectivity index is 2.08. The third kappa shape index (κ3) is 2.37. The van der Waals surface area contributed by atoms with Crippen LogP contribution in [0.15, 0.2) is 17.1 Å². The molecule has 1 aliphatic carbocycles. The number of alkyl halides is 3. The van der Waals surface area contributed by atoms with Crippen molar-refractivity contribution in [1.82, 2.24) is 14.3 Å². The van der Waals surface area contributed by atoms with E-state index in [1.54, 1.807) is 4.68 Å². The maximum atomic E-state index is 12.4. The molecule has 3 rings (SSSR count). The van der Waals surface area contributed by atoms with E-state index < -0.39 is 18.3 Å². The summed E-state index contributed by atoms with van der Waals surface area (Å²) < 4.78 is 39.4. The second-order valence-electron chi connectivity index (χ2n) is 5.13. The van der Waals surface area contributed by atoms with Gasteiger partial charge in [0.25, 0.3) is 5.56 Å². The van der Waals surface area contributed by atoms with Crippen LogP contribution in [0.25, 0.3) is 10.9 Å². The fraction of sp³-hybridized carbons (Fsp3) is 0.500. The highest BCUT2D eigenvalue weighted by atomic mass is 19.4. The van der Waals surface area contributed by atoms with Crippen molar-refractivity contribution in [2.24, 2.45) is 5.92 Å². The quantitative estimate of drug-likeness (QED) is 0.934. The third-order valence-corrected chi connectivity index (χ3v) is 3.38. The molecule has 2 heterocycles. The summed E-state index contributed by atoms with van der Waals surface area (Å²) in [5, 5.41) is 4.14. The first-order chi connectivity index (χ1) is 9.35. The van der Waals surface area contributed by atoms with Crippen molar-refractivity contribution in [3.8, 4) is 0 Å². The van der Waals surface area contributed by atoms with Crippen LogP contribution in [0.1, 0.15) is 12.8 Å². The van der Waals surface area contributed by atoms with E-state index in [1.807, 2.05) is 0 Å². The third-order valence-electron chi connectivity index (χ3n) is 3.38. The van der Waals surface area contributed by atoms with E-state index in [9.17, 15) is 18.0 Å². The van der Waals surface area contributed by atoms with Crippen LogP contribution in [-0.2, 0) is 13.1 Å². The highest BCUT2D eigenvalue weighted by Crippen LogP contribution is 2.32. The Morgan fingerprint density at radius 2 is 2.10 bits per heavy atom. The Morgan fingerprint density at radius 1 is 1.40 bits per heavy atom. The Morgan fingerprint density at radius 3 is 2.70 bits per heavy atom. The number of halogens is 3. The molecule has 0 spiro atoms. The number of nitrogen functional groups attached to an aromatic ring is 1. The van der Waals surface area contributed by atoms with Crippen LogP contribution >= 0.6 is 0 Å². The van der Waals surface area contributed by atoms with Crippen molar-refractivity contribution in [2.75, 3.05) is 5.73 Å². The normalized spacial score (nSPS) is 15.9. The van der Waals surface area contributed by atoms with Crippen LogP contribution < -0.4 is 11.3 Å². The molecule has 20 heavy (non-hydrogen) atoms. The Kier molecular flexibility index (Phi) is 2.77. The fourth-order valence-corrected chi connectivity index (χ4v) is 2.26. The van der Waals surface area contributed by atoms with Crippen molar-refractivity contribution in [3.05, 3.63) is 22.6 Å². The molecule has 2 N–H and O–H groups in total. The summed E-state index contributed by atoms with van der Waals surface area (Å²) in [5.41, 5.74) is 5.43. The number of aromatic nitrogens is 3. The number of pyridine rings is 1. The molecule has 0 amide bonds. The van der Waals surface area contributed by atoms with Gasteiger partial charge < -0.3 is 10.3 Å². The first-order valence-corrected chi connectivity index (χ1v) is 6.27. The molecule has 1 saturated carbocycles. The van der Waals surface area contributed by atoms with Crippen molar-refractivity contribution >= 4 is 16.7 Å². The number of hydrogen-bond donors (Lipinski definition) is 1. The highest BCUT2D eigenvalue weighted by Gasteiger charge is 2.29. The predicted molar refractivity (Wildman–Crippen MR) is 67.2 cm³/mol. The zero-order valence-corrected chi connectivity index (χ0v) is 10.5.